The third-order valence-corrected chi connectivity index (χ3v) is 6.01. The Balaban J connectivity index is 2.00. The van der Waals surface area contributed by atoms with Crippen LogP contribution in [0, 0.1) is 17.3 Å². The first-order valence-corrected chi connectivity index (χ1v) is 9.38. The maximum absolute atomic E-state index is 3.76. The molecule has 1 saturated carbocycles. The van der Waals surface area contributed by atoms with Crippen LogP contribution in [-0.4, -0.2) is 36.6 Å². The molecule has 1 heterocycles. The number of hydrogen-bond acceptors (Lipinski definition) is 2. The van der Waals surface area contributed by atoms with Crippen molar-refractivity contribution in [1.82, 2.24) is 10.2 Å². The molecule has 0 aromatic heterocycles. The van der Waals surface area contributed by atoms with Crippen LogP contribution in [0.15, 0.2) is 0 Å². The molecule has 2 aliphatic rings. The second kappa shape index (κ2) is 7.46. The highest BCUT2D eigenvalue weighted by Gasteiger charge is 2.37. The van der Waals surface area contributed by atoms with Crippen molar-refractivity contribution in [2.45, 2.75) is 85.2 Å². The van der Waals surface area contributed by atoms with Crippen LogP contribution >= 0.6 is 0 Å². The lowest BCUT2D eigenvalue weighted by Crippen LogP contribution is -2.51. The maximum atomic E-state index is 3.76. The summed E-state index contributed by atoms with van der Waals surface area (Å²) in [4.78, 5) is 2.81. The van der Waals surface area contributed by atoms with Crippen molar-refractivity contribution in [3.8, 4) is 0 Å². The summed E-state index contributed by atoms with van der Waals surface area (Å²) in [7, 11) is 0. The van der Waals surface area contributed by atoms with Crippen molar-refractivity contribution >= 4 is 0 Å². The van der Waals surface area contributed by atoms with E-state index in [0.29, 0.717) is 11.5 Å². The van der Waals surface area contributed by atoms with E-state index in [0.717, 1.165) is 17.9 Å². The molecule has 2 heteroatoms. The smallest absolute Gasteiger partial charge is 0.00673 e. The van der Waals surface area contributed by atoms with Gasteiger partial charge in [0.15, 0.2) is 0 Å². The molecule has 124 valence electrons. The molecule has 2 atom stereocenters. The van der Waals surface area contributed by atoms with Gasteiger partial charge in [0, 0.05) is 31.7 Å². The molecule has 1 aliphatic carbocycles. The lowest BCUT2D eigenvalue weighted by Gasteiger charge is -2.47. The highest BCUT2D eigenvalue weighted by molar-refractivity contribution is 4.92. The zero-order chi connectivity index (χ0) is 15.5. The van der Waals surface area contributed by atoms with Gasteiger partial charge in [0.1, 0.15) is 0 Å². The van der Waals surface area contributed by atoms with Gasteiger partial charge in [-0.05, 0) is 49.9 Å². The monoisotopic (exact) mass is 294 g/mol. The topological polar surface area (TPSA) is 15.3 Å². The molecule has 1 aliphatic heterocycles. The summed E-state index contributed by atoms with van der Waals surface area (Å²) < 4.78 is 0. The van der Waals surface area contributed by atoms with Crippen LogP contribution in [0.4, 0.5) is 0 Å². The second-order valence-corrected chi connectivity index (χ2v) is 8.68. The molecular weight excluding hydrogens is 256 g/mol. The summed E-state index contributed by atoms with van der Waals surface area (Å²) in [5, 5.41) is 3.76. The van der Waals surface area contributed by atoms with Crippen LogP contribution in [0.25, 0.3) is 0 Å². The molecule has 1 N–H and O–H groups in total. The van der Waals surface area contributed by atoms with Gasteiger partial charge in [0.2, 0.25) is 0 Å². The minimum absolute atomic E-state index is 0.530. The van der Waals surface area contributed by atoms with Crippen molar-refractivity contribution in [3.63, 3.8) is 0 Å². The summed E-state index contributed by atoms with van der Waals surface area (Å²) >= 11 is 0. The first-order chi connectivity index (χ1) is 9.90. The van der Waals surface area contributed by atoms with E-state index in [1.165, 1.54) is 58.2 Å². The van der Waals surface area contributed by atoms with Crippen molar-refractivity contribution in [1.29, 1.82) is 0 Å². The van der Waals surface area contributed by atoms with E-state index in [1.807, 2.05) is 0 Å². The van der Waals surface area contributed by atoms with Crippen LogP contribution in [0.5, 0.6) is 0 Å². The summed E-state index contributed by atoms with van der Waals surface area (Å²) in [6.45, 7) is 15.7. The summed E-state index contributed by atoms with van der Waals surface area (Å²) in [6.07, 6.45) is 8.52. The van der Waals surface area contributed by atoms with E-state index in [4.69, 9.17) is 0 Å². The van der Waals surface area contributed by atoms with E-state index >= 15 is 0 Å². The van der Waals surface area contributed by atoms with E-state index < -0.39 is 0 Å². The largest absolute Gasteiger partial charge is 0.314 e. The van der Waals surface area contributed by atoms with Gasteiger partial charge in [-0.25, -0.2) is 0 Å². The Morgan fingerprint density at radius 1 is 1.00 bits per heavy atom. The standard InChI is InChI=1S/C19H38N2/c1-15(2)20-13-19(10-8-16(3)9-11-19)14-21-12-17(4)6-7-18(21)5/h15-18,20H,6-14H2,1-5H3. The molecule has 21 heavy (non-hydrogen) atoms. The molecule has 0 amide bonds. The minimum atomic E-state index is 0.530. The first-order valence-electron chi connectivity index (χ1n) is 9.38. The van der Waals surface area contributed by atoms with Gasteiger partial charge in [0.25, 0.3) is 0 Å². The lowest BCUT2D eigenvalue weighted by atomic mass is 9.70. The molecular formula is C19H38N2. The average Bonchev–Trinajstić information content (AvgIpc) is 2.44. The zero-order valence-corrected chi connectivity index (χ0v) is 15.1. The predicted molar refractivity (Wildman–Crippen MR) is 92.6 cm³/mol. The lowest BCUT2D eigenvalue weighted by molar-refractivity contribution is 0.0360. The van der Waals surface area contributed by atoms with Crippen molar-refractivity contribution in [2.24, 2.45) is 17.3 Å². The summed E-state index contributed by atoms with van der Waals surface area (Å²) in [6, 6.07) is 1.40. The Morgan fingerprint density at radius 3 is 2.29 bits per heavy atom. The number of nitrogens with zero attached hydrogens (tertiary/aromatic N) is 1. The van der Waals surface area contributed by atoms with Gasteiger partial charge in [0.05, 0.1) is 0 Å². The normalized spacial score (nSPS) is 38.9. The molecule has 0 bridgehead atoms. The fourth-order valence-corrected chi connectivity index (χ4v) is 4.22. The van der Waals surface area contributed by atoms with E-state index in [2.05, 4.69) is 44.8 Å². The van der Waals surface area contributed by atoms with Crippen molar-refractivity contribution in [3.05, 3.63) is 0 Å². The van der Waals surface area contributed by atoms with Crippen molar-refractivity contribution < 1.29 is 0 Å². The third kappa shape index (κ3) is 4.96. The number of nitrogens with one attached hydrogen (secondary N) is 1. The molecule has 1 saturated heterocycles. The van der Waals surface area contributed by atoms with Gasteiger partial charge in [-0.3, -0.25) is 4.90 Å². The molecule has 2 fully saturated rings. The highest BCUT2D eigenvalue weighted by Crippen LogP contribution is 2.40. The van der Waals surface area contributed by atoms with Gasteiger partial charge < -0.3 is 5.32 Å². The van der Waals surface area contributed by atoms with Crippen molar-refractivity contribution in [2.75, 3.05) is 19.6 Å². The van der Waals surface area contributed by atoms with Gasteiger partial charge in [-0.1, -0.05) is 40.5 Å². The fourth-order valence-electron chi connectivity index (χ4n) is 4.22. The number of likely N-dealkylation sites (tertiary alicyclic amines) is 1. The number of piperidine rings is 1. The number of hydrogen-bond donors (Lipinski definition) is 1. The molecule has 0 radical (unpaired) electrons. The van der Waals surface area contributed by atoms with Crippen LogP contribution in [-0.2, 0) is 0 Å². The third-order valence-electron chi connectivity index (χ3n) is 6.01. The zero-order valence-electron chi connectivity index (χ0n) is 15.1. The van der Waals surface area contributed by atoms with Gasteiger partial charge >= 0.3 is 0 Å². The first kappa shape index (κ1) is 17.3. The van der Waals surface area contributed by atoms with Gasteiger partial charge in [-0.2, -0.15) is 0 Å². The second-order valence-electron chi connectivity index (χ2n) is 8.68. The summed E-state index contributed by atoms with van der Waals surface area (Å²) in [5.41, 5.74) is 0.530. The Hall–Kier alpha value is -0.0800. The van der Waals surface area contributed by atoms with Crippen LogP contribution in [0.1, 0.15) is 73.1 Å². The SMILES string of the molecule is CC1CCC(CNC(C)C)(CN2CC(C)CCC2C)CC1. The van der Waals surface area contributed by atoms with Crippen LogP contribution in [0.2, 0.25) is 0 Å². The highest BCUT2D eigenvalue weighted by atomic mass is 15.2. The quantitative estimate of drug-likeness (QED) is 0.813. The molecule has 2 nitrogen and oxygen atoms in total. The molecule has 0 spiro atoms. The Kier molecular flexibility index (Phi) is 6.14. The fraction of sp³-hybridized carbons (Fsp3) is 1.00. The predicted octanol–water partition coefficient (Wildman–Crippen LogP) is 4.30. The maximum Gasteiger partial charge on any atom is 0.00673 e. The Bertz CT molecular complexity index is 305. The van der Waals surface area contributed by atoms with Gasteiger partial charge in [-0.15, -0.1) is 0 Å². The molecule has 0 aromatic carbocycles. The average molecular weight is 295 g/mol. The summed E-state index contributed by atoms with van der Waals surface area (Å²) in [5.74, 6) is 1.83. The van der Waals surface area contributed by atoms with Crippen LogP contribution in [0.3, 0.4) is 0 Å². The molecule has 0 aromatic rings. The van der Waals surface area contributed by atoms with E-state index in [9.17, 15) is 0 Å². The Labute approximate surface area is 133 Å². The number of rotatable bonds is 5. The van der Waals surface area contributed by atoms with Crippen LogP contribution < -0.4 is 5.32 Å². The molecule has 2 unspecified atom stereocenters. The minimum Gasteiger partial charge on any atom is -0.314 e. The Morgan fingerprint density at radius 2 is 1.67 bits per heavy atom. The van der Waals surface area contributed by atoms with E-state index in [-0.39, 0.29) is 0 Å². The van der Waals surface area contributed by atoms with E-state index in [1.54, 1.807) is 0 Å². The molecule has 2 rings (SSSR count).